The van der Waals surface area contributed by atoms with Gasteiger partial charge in [0, 0.05) is 0 Å². The van der Waals surface area contributed by atoms with Crippen LogP contribution >= 0.6 is 0 Å². The highest BCUT2D eigenvalue weighted by Gasteiger charge is 2.34. The minimum absolute atomic E-state index is 0.189. The summed E-state index contributed by atoms with van der Waals surface area (Å²) < 4.78 is 56.2. The van der Waals surface area contributed by atoms with E-state index in [0.717, 1.165) is 25.0 Å². The van der Waals surface area contributed by atoms with E-state index in [-0.39, 0.29) is 12.2 Å². The molecule has 0 atom stereocenters. The number of halogens is 4. The van der Waals surface area contributed by atoms with Crippen LogP contribution in [0.2, 0.25) is 0 Å². The first-order valence-corrected chi connectivity index (χ1v) is 7.21. The predicted octanol–water partition coefficient (Wildman–Crippen LogP) is 4.76. The van der Waals surface area contributed by atoms with E-state index in [9.17, 15) is 22.4 Å². The molecule has 0 N–H and O–H groups in total. The summed E-state index contributed by atoms with van der Waals surface area (Å²) in [7, 11) is 0. The molecule has 0 heterocycles. The van der Waals surface area contributed by atoms with Crippen LogP contribution < -0.4 is 0 Å². The summed E-state index contributed by atoms with van der Waals surface area (Å²) in [4.78, 5) is 11.6. The molecule has 0 aliphatic heterocycles. The standard InChI is InChI=1S/C16H20F4O2/c1-11(2)5-3-4-8-22-15(21)9-12-6-7-13(17)10-14(12)16(18,19)20/h6-7,10-11H,3-5,8-9H2,1-2H3. The molecule has 0 aliphatic rings. The number of rotatable bonds is 7. The van der Waals surface area contributed by atoms with Crippen molar-refractivity contribution in [3.63, 3.8) is 0 Å². The van der Waals surface area contributed by atoms with Crippen molar-refractivity contribution >= 4 is 5.97 Å². The lowest BCUT2D eigenvalue weighted by Gasteiger charge is -2.12. The summed E-state index contributed by atoms with van der Waals surface area (Å²) in [6.45, 7) is 4.35. The number of hydrogen-bond donors (Lipinski definition) is 0. The van der Waals surface area contributed by atoms with Gasteiger partial charge < -0.3 is 4.74 Å². The normalized spacial score (nSPS) is 11.8. The van der Waals surface area contributed by atoms with Gasteiger partial charge in [0.2, 0.25) is 0 Å². The molecule has 0 amide bonds. The Morgan fingerprint density at radius 2 is 1.91 bits per heavy atom. The molecule has 0 saturated carbocycles. The van der Waals surface area contributed by atoms with Crippen LogP contribution in [0.4, 0.5) is 17.6 Å². The van der Waals surface area contributed by atoms with Gasteiger partial charge in [0.15, 0.2) is 0 Å². The van der Waals surface area contributed by atoms with Gasteiger partial charge in [-0.1, -0.05) is 26.3 Å². The van der Waals surface area contributed by atoms with Crippen molar-refractivity contribution in [2.45, 2.75) is 45.7 Å². The Labute approximate surface area is 127 Å². The zero-order valence-electron chi connectivity index (χ0n) is 12.7. The summed E-state index contributed by atoms with van der Waals surface area (Å²) >= 11 is 0. The maximum Gasteiger partial charge on any atom is 0.416 e. The molecular weight excluding hydrogens is 300 g/mol. The smallest absolute Gasteiger partial charge is 0.416 e. The third-order valence-corrected chi connectivity index (χ3v) is 3.15. The van der Waals surface area contributed by atoms with Gasteiger partial charge >= 0.3 is 12.1 Å². The SMILES string of the molecule is CC(C)CCCCOC(=O)Cc1ccc(F)cc1C(F)(F)F. The molecule has 0 spiro atoms. The molecule has 0 radical (unpaired) electrons. The average molecular weight is 320 g/mol. The summed E-state index contributed by atoms with van der Waals surface area (Å²) in [5.74, 6) is -1.16. The third-order valence-electron chi connectivity index (χ3n) is 3.15. The van der Waals surface area contributed by atoms with Gasteiger partial charge in [-0.25, -0.2) is 4.39 Å². The lowest BCUT2D eigenvalue weighted by molar-refractivity contribution is -0.144. The lowest BCUT2D eigenvalue weighted by atomic mass is 10.0. The molecule has 0 aliphatic carbocycles. The zero-order chi connectivity index (χ0) is 16.8. The number of esters is 1. The van der Waals surface area contributed by atoms with Gasteiger partial charge in [-0.3, -0.25) is 4.79 Å². The molecule has 1 aromatic carbocycles. The monoisotopic (exact) mass is 320 g/mol. The molecule has 1 rings (SSSR count). The molecule has 1 aromatic rings. The Balaban J connectivity index is 2.54. The molecular formula is C16H20F4O2. The Kier molecular flexibility index (Phi) is 6.84. The largest absolute Gasteiger partial charge is 0.465 e. The molecule has 124 valence electrons. The number of unbranched alkanes of at least 4 members (excludes halogenated alkanes) is 1. The fraction of sp³-hybridized carbons (Fsp3) is 0.562. The fourth-order valence-corrected chi connectivity index (χ4v) is 2.01. The quantitative estimate of drug-likeness (QED) is 0.411. The van der Waals surface area contributed by atoms with Crippen LogP contribution in [0.5, 0.6) is 0 Å². The molecule has 22 heavy (non-hydrogen) atoms. The van der Waals surface area contributed by atoms with Gasteiger partial charge in [-0.15, -0.1) is 0 Å². The van der Waals surface area contributed by atoms with Crippen LogP contribution in [0, 0.1) is 11.7 Å². The first-order valence-electron chi connectivity index (χ1n) is 7.21. The number of carbonyl (C=O) groups excluding carboxylic acids is 1. The van der Waals surface area contributed by atoms with Gasteiger partial charge in [-0.2, -0.15) is 13.2 Å². The summed E-state index contributed by atoms with van der Waals surface area (Å²) in [6.07, 6.45) is -2.63. The highest BCUT2D eigenvalue weighted by atomic mass is 19.4. The number of carbonyl (C=O) groups is 1. The van der Waals surface area contributed by atoms with Crippen molar-refractivity contribution in [2.75, 3.05) is 6.61 Å². The average Bonchev–Trinajstić information content (AvgIpc) is 2.39. The Bertz CT molecular complexity index is 495. The van der Waals surface area contributed by atoms with Gasteiger partial charge in [0.1, 0.15) is 5.82 Å². The van der Waals surface area contributed by atoms with Gasteiger partial charge in [0.05, 0.1) is 18.6 Å². The van der Waals surface area contributed by atoms with Crippen LogP contribution in [0.3, 0.4) is 0 Å². The maximum atomic E-state index is 13.0. The van der Waals surface area contributed by atoms with E-state index in [1.165, 1.54) is 0 Å². The minimum atomic E-state index is -4.70. The predicted molar refractivity (Wildman–Crippen MR) is 74.8 cm³/mol. The molecule has 0 saturated heterocycles. The molecule has 0 fully saturated rings. The van der Waals surface area contributed by atoms with E-state index in [1.807, 2.05) is 0 Å². The molecule has 6 heteroatoms. The minimum Gasteiger partial charge on any atom is -0.465 e. The number of hydrogen-bond acceptors (Lipinski definition) is 2. The Morgan fingerprint density at radius 1 is 1.23 bits per heavy atom. The van der Waals surface area contributed by atoms with E-state index < -0.39 is 29.9 Å². The zero-order valence-corrected chi connectivity index (χ0v) is 12.7. The van der Waals surface area contributed by atoms with Crippen LogP contribution in [0.1, 0.15) is 44.2 Å². The number of benzene rings is 1. The topological polar surface area (TPSA) is 26.3 Å². The van der Waals surface area contributed by atoms with Gasteiger partial charge in [0.25, 0.3) is 0 Å². The number of ether oxygens (including phenoxy) is 1. The van der Waals surface area contributed by atoms with E-state index in [1.54, 1.807) is 0 Å². The summed E-state index contributed by atoms with van der Waals surface area (Å²) in [5, 5.41) is 0. The molecule has 0 unspecified atom stereocenters. The fourth-order valence-electron chi connectivity index (χ4n) is 2.01. The van der Waals surface area contributed by atoms with Crippen molar-refractivity contribution in [1.29, 1.82) is 0 Å². The van der Waals surface area contributed by atoms with Crippen molar-refractivity contribution in [3.05, 3.63) is 35.1 Å². The second kappa shape index (κ2) is 8.15. The van der Waals surface area contributed by atoms with Crippen LogP contribution in [0.25, 0.3) is 0 Å². The molecule has 2 nitrogen and oxygen atoms in total. The molecule has 0 bridgehead atoms. The van der Waals surface area contributed by atoms with Crippen molar-refractivity contribution in [3.8, 4) is 0 Å². The van der Waals surface area contributed by atoms with E-state index in [0.29, 0.717) is 18.4 Å². The van der Waals surface area contributed by atoms with E-state index in [4.69, 9.17) is 4.74 Å². The highest BCUT2D eigenvalue weighted by molar-refractivity contribution is 5.73. The van der Waals surface area contributed by atoms with Gasteiger partial charge in [-0.05, 0) is 36.5 Å². The van der Waals surface area contributed by atoms with Crippen LogP contribution in [-0.2, 0) is 22.1 Å². The first-order chi connectivity index (χ1) is 10.2. The maximum absolute atomic E-state index is 13.0. The van der Waals surface area contributed by atoms with E-state index in [2.05, 4.69) is 13.8 Å². The first kappa shape index (κ1) is 18.5. The highest BCUT2D eigenvalue weighted by Crippen LogP contribution is 2.32. The van der Waals surface area contributed by atoms with Crippen molar-refractivity contribution in [2.24, 2.45) is 5.92 Å². The second-order valence-corrected chi connectivity index (χ2v) is 5.59. The van der Waals surface area contributed by atoms with E-state index >= 15 is 0 Å². The third kappa shape index (κ3) is 6.45. The van der Waals surface area contributed by atoms with Crippen molar-refractivity contribution < 1.29 is 27.1 Å². The van der Waals surface area contributed by atoms with Crippen LogP contribution in [0.15, 0.2) is 18.2 Å². The lowest BCUT2D eigenvalue weighted by Crippen LogP contribution is -2.15. The summed E-state index contributed by atoms with van der Waals surface area (Å²) in [5.41, 5.74) is -1.41. The Morgan fingerprint density at radius 3 is 2.50 bits per heavy atom. The second-order valence-electron chi connectivity index (χ2n) is 5.59. The van der Waals surface area contributed by atoms with Crippen molar-refractivity contribution in [1.82, 2.24) is 0 Å². The van der Waals surface area contributed by atoms with Crippen LogP contribution in [-0.4, -0.2) is 12.6 Å². The molecule has 0 aromatic heterocycles. The summed E-state index contributed by atoms with van der Waals surface area (Å²) in [6, 6.07) is 2.27. The number of alkyl halides is 3. The Hall–Kier alpha value is -1.59.